The second-order valence-corrected chi connectivity index (χ2v) is 7.73. The Labute approximate surface area is 184 Å². The first kappa shape index (κ1) is 20.4. The van der Waals surface area contributed by atoms with Crippen molar-refractivity contribution in [3.63, 3.8) is 0 Å². The zero-order valence-corrected chi connectivity index (χ0v) is 18.1. The third-order valence-electron chi connectivity index (χ3n) is 5.05. The van der Waals surface area contributed by atoms with Crippen molar-refractivity contribution in [1.82, 2.24) is 14.5 Å². The van der Waals surface area contributed by atoms with E-state index in [1.54, 1.807) is 16.8 Å². The van der Waals surface area contributed by atoms with Crippen molar-refractivity contribution in [3.05, 3.63) is 92.7 Å². The van der Waals surface area contributed by atoms with Crippen LogP contribution in [0.15, 0.2) is 65.6 Å². The molecule has 1 N–H and O–H groups in total. The van der Waals surface area contributed by atoms with Crippen molar-refractivity contribution in [3.8, 4) is 5.69 Å². The molecule has 0 radical (unpaired) electrons. The summed E-state index contributed by atoms with van der Waals surface area (Å²) in [6, 6.07) is 16.8. The summed E-state index contributed by atoms with van der Waals surface area (Å²) in [4.78, 5) is 21.9. The third kappa shape index (κ3) is 3.78. The van der Waals surface area contributed by atoms with Gasteiger partial charge in [0.05, 0.1) is 16.5 Å². The van der Waals surface area contributed by atoms with Crippen LogP contribution in [0.3, 0.4) is 0 Å². The molecule has 5 nitrogen and oxygen atoms in total. The number of benzene rings is 2. The van der Waals surface area contributed by atoms with Crippen LogP contribution < -0.4 is 10.9 Å². The van der Waals surface area contributed by atoms with Crippen molar-refractivity contribution >= 4 is 39.8 Å². The van der Waals surface area contributed by atoms with Crippen LogP contribution in [0.1, 0.15) is 31.1 Å². The van der Waals surface area contributed by atoms with Gasteiger partial charge in [-0.1, -0.05) is 48.9 Å². The number of nitrogens with zero attached hydrogens (tertiary/aromatic N) is 3. The van der Waals surface area contributed by atoms with E-state index >= 15 is 0 Å². The molecule has 1 atom stereocenters. The lowest BCUT2D eigenvalue weighted by Crippen LogP contribution is -2.26. The van der Waals surface area contributed by atoms with Crippen molar-refractivity contribution in [2.24, 2.45) is 0 Å². The van der Waals surface area contributed by atoms with E-state index in [1.165, 1.54) is 0 Å². The molecular formula is C23H20Cl2N4O. The van der Waals surface area contributed by atoms with Crippen LogP contribution in [0.4, 0.5) is 5.82 Å². The van der Waals surface area contributed by atoms with Crippen molar-refractivity contribution in [2.45, 2.75) is 26.3 Å². The minimum Gasteiger partial charge on any atom is -0.362 e. The van der Waals surface area contributed by atoms with E-state index in [0.717, 1.165) is 28.8 Å². The van der Waals surface area contributed by atoms with Gasteiger partial charge in [0, 0.05) is 23.1 Å². The maximum Gasteiger partial charge on any atom is 0.264 e. The highest BCUT2D eigenvalue weighted by Gasteiger charge is 2.19. The Bertz CT molecular complexity index is 1270. The molecule has 0 saturated carbocycles. The summed E-state index contributed by atoms with van der Waals surface area (Å²) in [5.41, 5.74) is 2.34. The highest BCUT2D eigenvalue weighted by molar-refractivity contribution is 6.35. The average molecular weight is 439 g/mol. The largest absolute Gasteiger partial charge is 0.362 e. The average Bonchev–Trinajstić information content (AvgIpc) is 2.74. The Morgan fingerprint density at radius 2 is 1.87 bits per heavy atom. The van der Waals surface area contributed by atoms with E-state index in [9.17, 15) is 4.79 Å². The van der Waals surface area contributed by atoms with Crippen molar-refractivity contribution in [1.29, 1.82) is 0 Å². The highest BCUT2D eigenvalue weighted by Crippen LogP contribution is 2.28. The number of anilines is 1. The molecule has 1 unspecified atom stereocenters. The van der Waals surface area contributed by atoms with Crippen LogP contribution in [-0.2, 0) is 6.42 Å². The number of nitrogens with one attached hydrogen (secondary N) is 1. The topological polar surface area (TPSA) is 59.8 Å². The summed E-state index contributed by atoms with van der Waals surface area (Å²) in [6.45, 7) is 4.01. The van der Waals surface area contributed by atoms with E-state index in [2.05, 4.69) is 15.3 Å². The van der Waals surface area contributed by atoms with Gasteiger partial charge >= 0.3 is 0 Å². The van der Waals surface area contributed by atoms with Gasteiger partial charge < -0.3 is 5.32 Å². The Morgan fingerprint density at radius 3 is 2.60 bits per heavy atom. The molecule has 4 aromatic rings. The molecule has 0 saturated heterocycles. The molecule has 0 aliphatic heterocycles. The summed E-state index contributed by atoms with van der Waals surface area (Å²) >= 11 is 12.4. The number of rotatable bonds is 5. The number of aryl methyl sites for hydroxylation is 1. The minimum absolute atomic E-state index is 0.163. The summed E-state index contributed by atoms with van der Waals surface area (Å²) in [7, 11) is 0. The lowest BCUT2D eigenvalue weighted by atomic mass is 10.1. The van der Waals surface area contributed by atoms with Crippen LogP contribution in [-0.4, -0.2) is 14.5 Å². The Hall–Kier alpha value is -2.89. The molecule has 0 bridgehead atoms. The number of hydrogen-bond donors (Lipinski definition) is 1. The van der Waals surface area contributed by atoms with Gasteiger partial charge in [-0.2, -0.15) is 0 Å². The summed E-state index contributed by atoms with van der Waals surface area (Å²) in [5, 5.41) is 5.31. The molecule has 2 aromatic heterocycles. The fourth-order valence-electron chi connectivity index (χ4n) is 3.55. The van der Waals surface area contributed by atoms with Gasteiger partial charge in [-0.3, -0.25) is 9.36 Å². The first-order valence-corrected chi connectivity index (χ1v) is 10.4. The fraction of sp³-hybridized carbons (Fsp3) is 0.174. The molecule has 0 spiro atoms. The van der Waals surface area contributed by atoms with Crippen LogP contribution >= 0.6 is 23.2 Å². The standard InChI is InChI=1S/C23H20Cl2N4O/c1-3-15-13-26-23(25)28-21(15)27-14(2)19-12-16-8-7-11-18(24)20(16)22(30)29(19)17-9-5-4-6-10-17/h4-14H,3H2,1-2H3,(H,26,27,28). The molecule has 4 rings (SSSR count). The molecule has 7 heteroatoms. The number of fused-ring (bicyclic) bond motifs is 1. The molecule has 2 heterocycles. The number of aromatic nitrogens is 3. The van der Waals surface area contributed by atoms with E-state index in [0.29, 0.717) is 16.2 Å². The van der Waals surface area contributed by atoms with Crippen molar-refractivity contribution in [2.75, 3.05) is 5.32 Å². The number of hydrogen-bond acceptors (Lipinski definition) is 4. The summed E-state index contributed by atoms with van der Waals surface area (Å²) in [6.07, 6.45) is 2.47. The zero-order chi connectivity index (χ0) is 21.3. The zero-order valence-electron chi connectivity index (χ0n) is 16.6. The predicted octanol–water partition coefficient (Wildman–Crippen LogP) is 5.82. The lowest BCUT2D eigenvalue weighted by molar-refractivity contribution is 0.770. The predicted molar refractivity (Wildman–Crippen MR) is 123 cm³/mol. The quantitative estimate of drug-likeness (QED) is 0.398. The van der Waals surface area contributed by atoms with Gasteiger partial charge in [0.15, 0.2) is 0 Å². The molecule has 30 heavy (non-hydrogen) atoms. The molecular weight excluding hydrogens is 419 g/mol. The van der Waals surface area contributed by atoms with E-state index in [1.807, 2.05) is 62.4 Å². The van der Waals surface area contributed by atoms with Gasteiger partial charge in [-0.15, -0.1) is 0 Å². The number of pyridine rings is 1. The fourth-order valence-corrected chi connectivity index (χ4v) is 3.95. The molecule has 0 fully saturated rings. The smallest absolute Gasteiger partial charge is 0.264 e. The maximum atomic E-state index is 13.5. The summed E-state index contributed by atoms with van der Waals surface area (Å²) in [5.74, 6) is 0.656. The molecule has 2 aromatic carbocycles. The van der Waals surface area contributed by atoms with Gasteiger partial charge in [0.2, 0.25) is 5.28 Å². The summed E-state index contributed by atoms with van der Waals surface area (Å²) < 4.78 is 1.69. The Morgan fingerprint density at radius 1 is 1.10 bits per heavy atom. The maximum absolute atomic E-state index is 13.5. The Balaban J connectivity index is 1.92. The number of para-hydroxylation sites is 1. The second kappa shape index (κ2) is 8.46. The third-order valence-corrected chi connectivity index (χ3v) is 5.55. The first-order valence-electron chi connectivity index (χ1n) is 9.67. The van der Waals surface area contributed by atoms with Crippen LogP contribution in [0.25, 0.3) is 16.5 Å². The van der Waals surface area contributed by atoms with Gasteiger partial charge in [0.1, 0.15) is 5.82 Å². The second-order valence-electron chi connectivity index (χ2n) is 6.98. The first-order chi connectivity index (χ1) is 14.5. The number of halogens is 2. The molecule has 152 valence electrons. The van der Waals surface area contributed by atoms with Gasteiger partial charge in [-0.05, 0) is 54.6 Å². The minimum atomic E-state index is -0.238. The van der Waals surface area contributed by atoms with E-state index in [4.69, 9.17) is 23.2 Å². The monoisotopic (exact) mass is 438 g/mol. The van der Waals surface area contributed by atoms with E-state index in [-0.39, 0.29) is 16.9 Å². The highest BCUT2D eigenvalue weighted by atomic mass is 35.5. The molecule has 0 amide bonds. The molecule has 0 aliphatic carbocycles. The van der Waals surface area contributed by atoms with Crippen LogP contribution in [0.2, 0.25) is 10.3 Å². The van der Waals surface area contributed by atoms with Gasteiger partial charge in [0.25, 0.3) is 5.56 Å². The van der Waals surface area contributed by atoms with Gasteiger partial charge in [-0.25, -0.2) is 9.97 Å². The SMILES string of the molecule is CCc1cnc(Cl)nc1NC(C)c1cc2cccc(Cl)c2c(=O)n1-c1ccccc1. The van der Waals surface area contributed by atoms with Crippen LogP contribution in [0.5, 0.6) is 0 Å². The van der Waals surface area contributed by atoms with Crippen molar-refractivity contribution < 1.29 is 0 Å². The molecule has 0 aliphatic rings. The van der Waals surface area contributed by atoms with E-state index < -0.39 is 0 Å². The Kier molecular flexibility index (Phi) is 5.75. The lowest BCUT2D eigenvalue weighted by Gasteiger charge is -2.22. The normalized spacial score (nSPS) is 12.1. The van der Waals surface area contributed by atoms with Crippen LogP contribution in [0, 0.1) is 0 Å².